The van der Waals surface area contributed by atoms with Gasteiger partial charge in [-0.1, -0.05) is 38.1 Å². The van der Waals surface area contributed by atoms with Crippen LogP contribution in [0.3, 0.4) is 0 Å². The van der Waals surface area contributed by atoms with E-state index >= 15 is 0 Å². The van der Waals surface area contributed by atoms with Crippen LogP contribution in [0, 0.1) is 5.82 Å². The number of benzene rings is 2. The maximum Gasteiger partial charge on any atom is 0.278 e. The average Bonchev–Trinajstić information content (AvgIpc) is 3.05. The Bertz CT molecular complexity index is 1030. The van der Waals surface area contributed by atoms with Crippen molar-refractivity contribution in [1.29, 1.82) is 0 Å². The molecule has 1 saturated heterocycles. The van der Waals surface area contributed by atoms with E-state index < -0.39 is 5.82 Å². The fraction of sp³-hybridized carbons (Fsp3) is 0.385. The second-order valence-electron chi connectivity index (χ2n) is 8.73. The van der Waals surface area contributed by atoms with Crippen LogP contribution in [0.25, 0.3) is 5.57 Å². The summed E-state index contributed by atoms with van der Waals surface area (Å²) in [7, 11) is 0. The van der Waals surface area contributed by atoms with Gasteiger partial charge in [-0.3, -0.25) is 19.4 Å². The molecule has 2 heterocycles. The van der Waals surface area contributed by atoms with Crippen molar-refractivity contribution in [3.63, 3.8) is 0 Å². The molecule has 0 bridgehead atoms. The highest BCUT2D eigenvalue weighted by atomic mass is 19.1. The van der Waals surface area contributed by atoms with Gasteiger partial charge in [0.15, 0.2) is 0 Å². The van der Waals surface area contributed by atoms with Crippen molar-refractivity contribution in [3.8, 4) is 0 Å². The molecule has 0 aliphatic carbocycles. The molecule has 4 rings (SSSR count). The second kappa shape index (κ2) is 10.3. The Labute approximate surface area is 194 Å². The largest absolute Gasteiger partial charge is 0.379 e. The molecule has 0 unspecified atom stereocenters. The number of nitrogens with zero attached hydrogens (tertiary/aromatic N) is 2. The molecule has 33 heavy (non-hydrogen) atoms. The number of ether oxygens (including phenoxy) is 1. The molecule has 2 aliphatic rings. The van der Waals surface area contributed by atoms with Crippen LogP contribution < -0.4 is 5.32 Å². The molecule has 7 heteroatoms. The second-order valence-corrected chi connectivity index (χ2v) is 8.73. The molecular formula is C26H30FN3O3. The van der Waals surface area contributed by atoms with Crippen molar-refractivity contribution in [3.05, 3.63) is 71.2 Å². The molecule has 1 fully saturated rings. The predicted octanol–water partition coefficient (Wildman–Crippen LogP) is 3.86. The van der Waals surface area contributed by atoms with Crippen molar-refractivity contribution in [2.45, 2.75) is 26.2 Å². The minimum Gasteiger partial charge on any atom is -0.379 e. The van der Waals surface area contributed by atoms with Gasteiger partial charge in [-0.15, -0.1) is 0 Å². The normalized spacial score (nSPS) is 17.4. The van der Waals surface area contributed by atoms with Gasteiger partial charge in [-0.05, 0) is 47.7 Å². The molecule has 2 amide bonds. The van der Waals surface area contributed by atoms with Gasteiger partial charge in [0.1, 0.15) is 11.5 Å². The Balaban J connectivity index is 1.55. The predicted molar refractivity (Wildman–Crippen MR) is 126 cm³/mol. The summed E-state index contributed by atoms with van der Waals surface area (Å²) in [4.78, 5) is 30.2. The van der Waals surface area contributed by atoms with E-state index in [2.05, 4.69) is 24.1 Å². The summed E-state index contributed by atoms with van der Waals surface area (Å²) >= 11 is 0. The summed E-state index contributed by atoms with van der Waals surface area (Å²) in [5.74, 6) is -0.703. The third kappa shape index (κ3) is 5.31. The Morgan fingerprint density at radius 1 is 0.939 bits per heavy atom. The fourth-order valence-corrected chi connectivity index (χ4v) is 4.15. The monoisotopic (exact) mass is 451 g/mol. The maximum absolute atomic E-state index is 13.5. The number of hydrogen-bond acceptors (Lipinski definition) is 5. The standard InChI is InChI=1S/C26H30FN3O3/c1-18(2)19-6-10-22(11-7-19)28-24-23(20-4-8-21(27)9-5-20)25(31)30(26(24)32)13-3-12-29-14-16-33-17-15-29/h4-11,18,28H,3,12-17H2,1-2H3. The van der Waals surface area contributed by atoms with E-state index in [9.17, 15) is 14.0 Å². The van der Waals surface area contributed by atoms with Crippen LogP contribution in [0.4, 0.5) is 10.1 Å². The summed E-state index contributed by atoms with van der Waals surface area (Å²) in [5.41, 5.74) is 2.94. The van der Waals surface area contributed by atoms with Crippen LogP contribution in [-0.2, 0) is 14.3 Å². The van der Waals surface area contributed by atoms with Crippen LogP contribution >= 0.6 is 0 Å². The van der Waals surface area contributed by atoms with Gasteiger partial charge in [0.2, 0.25) is 0 Å². The van der Waals surface area contributed by atoms with Crippen molar-refractivity contribution < 1.29 is 18.7 Å². The van der Waals surface area contributed by atoms with Crippen LogP contribution in [0.1, 0.15) is 37.3 Å². The molecule has 0 saturated carbocycles. The first-order valence-corrected chi connectivity index (χ1v) is 11.5. The first kappa shape index (κ1) is 23.1. The van der Waals surface area contributed by atoms with E-state index in [1.807, 2.05) is 24.3 Å². The number of amides is 2. The van der Waals surface area contributed by atoms with Crippen molar-refractivity contribution in [1.82, 2.24) is 9.80 Å². The quantitative estimate of drug-likeness (QED) is 0.618. The molecule has 6 nitrogen and oxygen atoms in total. The number of carbonyl (C=O) groups excluding carboxylic acids is 2. The number of morpholine rings is 1. The molecule has 174 valence electrons. The minimum atomic E-state index is -0.391. The molecule has 2 aromatic rings. The zero-order chi connectivity index (χ0) is 23.4. The van der Waals surface area contributed by atoms with E-state index in [1.54, 1.807) is 0 Å². The van der Waals surface area contributed by atoms with Crippen molar-refractivity contribution in [2.75, 3.05) is 44.7 Å². The summed E-state index contributed by atoms with van der Waals surface area (Å²) in [6, 6.07) is 13.5. The van der Waals surface area contributed by atoms with E-state index in [-0.39, 0.29) is 23.1 Å². The number of halogens is 1. The smallest absolute Gasteiger partial charge is 0.278 e. The summed E-state index contributed by atoms with van der Waals surface area (Å²) in [6.45, 7) is 8.50. The molecule has 1 N–H and O–H groups in total. The zero-order valence-corrected chi connectivity index (χ0v) is 19.1. The maximum atomic E-state index is 13.5. The van der Waals surface area contributed by atoms with Crippen molar-refractivity contribution >= 4 is 23.1 Å². The van der Waals surface area contributed by atoms with Gasteiger partial charge in [-0.25, -0.2) is 4.39 Å². The summed E-state index contributed by atoms with van der Waals surface area (Å²) < 4.78 is 18.9. The summed E-state index contributed by atoms with van der Waals surface area (Å²) in [6.07, 6.45) is 0.685. The highest BCUT2D eigenvalue weighted by Gasteiger charge is 2.39. The van der Waals surface area contributed by atoms with Crippen molar-refractivity contribution in [2.24, 2.45) is 0 Å². The topological polar surface area (TPSA) is 61.9 Å². The lowest BCUT2D eigenvalue weighted by molar-refractivity contribution is -0.136. The van der Waals surface area contributed by atoms with Crippen LogP contribution in [0.2, 0.25) is 0 Å². The molecule has 0 spiro atoms. The number of rotatable bonds is 8. The lowest BCUT2D eigenvalue weighted by Gasteiger charge is -2.27. The van der Waals surface area contributed by atoms with E-state index in [0.717, 1.165) is 25.3 Å². The van der Waals surface area contributed by atoms with Gasteiger partial charge in [0.05, 0.1) is 18.8 Å². The molecule has 2 aromatic carbocycles. The zero-order valence-electron chi connectivity index (χ0n) is 19.1. The highest BCUT2D eigenvalue weighted by molar-refractivity contribution is 6.36. The number of nitrogens with one attached hydrogen (secondary N) is 1. The number of carbonyl (C=O) groups is 2. The first-order chi connectivity index (χ1) is 15.9. The SMILES string of the molecule is CC(C)c1ccc(NC2=C(c3ccc(F)cc3)C(=O)N(CCCN3CCOCC3)C2=O)cc1. The van der Waals surface area contributed by atoms with E-state index in [0.29, 0.717) is 37.7 Å². The van der Waals surface area contributed by atoms with Crippen LogP contribution in [0.15, 0.2) is 54.2 Å². The molecule has 2 aliphatic heterocycles. The lowest BCUT2D eigenvalue weighted by atomic mass is 10.0. The van der Waals surface area contributed by atoms with Crippen LogP contribution in [-0.4, -0.2) is 61.0 Å². The number of imide groups is 1. The number of anilines is 1. The lowest BCUT2D eigenvalue weighted by Crippen LogP contribution is -2.39. The van der Waals surface area contributed by atoms with Gasteiger partial charge in [0, 0.05) is 31.9 Å². The Kier molecular flexibility index (Phi) is 7.20. The van der Waals surface area contributed by atoms with Gasteiger partial charge >= 0.3 is 0 Å². The molecule has 0 radical (unpaired) electrons. The van der Waals surface area contributed by atoms with Gasteiger partial charge in [0.25, 0.3) is 11.8 Å². The first-order valence-electron chi connectivity index (χ1n) is 11.5. The Hall–Kier alpha value is -3.03. The summed E-state index contributed by atoms with van der Waals surface area (Å²) in [5, 5.41) is 3.17. The van der Waals surface area contributed by atoms with E-state index in [1.165, 1.54) is 34.7 Å². The molecular weight excluding hydrogens is 421 g/mol. The molecule has 0 aromatic heterocycles. The Morgan fingerprint density at radius 2 is 1.61 bits per heavy atom. The third-order valence-corrected chi connectivity index (χ3v) is 6.11. The van der Waals surface area contributed by atoms with Gasteiger partial charge in [-0.2, -0.15) is 0 Å². The van der Waals surface area contributed by atoms with E-state index in [4.69, 9.17) is 4.74 Å². The minimum absolute atomic E-state index is 0.232. The average molecular weight is 452 g/mol. The molecule has 0 atom stereocenters. The van der Waals surface area contributed by atoms with Gasteiger partial charge < -0.3 is 10.1 Å². The fourth-order valence-electron chi connectivity index (χ4n) is 4.15. The third-order valence-electron chi connectivity index (χ3n) is 6.11. The Morgan fingerprint density at radius 3 is 2.24 bits per heavy atom. The van der Waals surface area contributed by atoms with Crippen LogP contribution in [0.5, 0.6) is 0 Å². The highest BCUT2D eigenvalue weighted by Crippen LogP contribution is 2.31. The number of hydrogen-bond donors (Lipinski definition) is 1.